The van der Waals surface area contributed by atoms with E-state index in [0.29, 0.717) is 17.9 Å². The molecule has 0 fully saturated rings. The molecule has 0 saturated heterocycles. The summed E-state index contributed by atoms with van der Waals surface area (Å²) in [5.74, 6) is 0.0156. The molecule has 4 nitrogen and oxygen atoms in total. The zero-order chi connectivity index (χ0) is 16.8. The highest BCUT2D eigenvalue weighted by molar-refractivity contribution is 7.89. The van der Waals surface area contributed by atoms with Crippen molar-refractivity contribution in [2.75, 3.05) is 0 Å². The number of sulfonamides is 1. The molecule has 3 atom stereocenters. The summed E-state index contributed by atoms with van der Waals surface area (Å²) in [6, 6.07) is 5.43. The van der Waals surface area contributed by atoms with Crippen LogP contribution in [0, 0.1) is 5.92 Å². The van der Waals surface area contributed by atoms with Crippen LogP contribution >= 0.6 is 11.6 Å². The van der Waals surface area contributed by atoms with E-state index in [2.05, 4.69) is 11.3 Å². The highest BCUT2D eigenvalue weighted by Crippen LogP contribution is 2.20. The standard InChI is InChI=1S/C16H24ClNO3S/c1-4-6-7-15(19)16(12(3)5-2)18-22(20,21)14-10-8-13(17)9-11-14/h4,8-12,15-16,18-19H,1,5-7H2,2-3H3/t12-,15?,16-/m0/s1. The van der Waals surface area contributed by atoms with E-state index in [4.69, 9.17) is 11.6 Å². The quantitative estimate of drug-likeness (QED) is 0.674. The normalized spacial score (nSPS) is 16.0. The highest BCUT2D eigenvalue weighted by Gasteiger charge is 2.29. The Bertz CT molecular complexity index is 572. The van der Waals surface area contributed by atoms with Crippen LogP contribution in [0.3, 0.4) is 0 Å². The predicted molar refractivity (Wildman–Crippen MR) is 90.5 cm³/mol. The maximum Gasteiger partial charge on any atom is 0.240 e. The van der Waals surface area contributed by atoms with Crippen molar-refractivity contribution < 1.29 is 13.5 Å². The van der Waals surface area contributed by atoms with E-state index in [-0.39, 0.29) is 10.8 Å². The van der Waals surface area contributed by atoms with Gasteiger partial charge in [0.05, 0.1) is 17.0 Å². The molecule has 0 radical (unpaired) electrons. The molecule has 0 aliphatic rings. The Hall–Kier alpha value is -0.880. The summed E-state index contributed by atoms with van der Waals surface area (Å²) in [7, 11) is -3.70. The van der Waals surface area contributed by atoms with E-state index >= 15 is 0 Å². The van der Waals surface area contributed by atoms with Crippen LogP contribution in [0.25, 0.3) is 0 Å². The summed E-state index contributed by atoms with van der Waals surface area (Å²) in [6.07, 6.45) is 2.83. The Kier molecular flexibility index (Phi) is 7.56. The minimum atomic E-state index is -3.70. The molecule has 0 aromatic heterocycles. The Morgan fingerprint density at radius 1 is 1.36 bits per heavy atom. The number of hydrogen-bond donors (Lipinski definition) is 2. The van der Waals surface area contributed by atoms with Gasteiger partial charge >= 0.3 is 0 Å². The van der Waals surface area contributed by atoms with Crippen molar-refractivity contribution in [1.82, 2.24) is 4.72 Å². The number of benzene rings is 1. The molecule has 1 aromatic rings. The number of hydrogen-bond acceptors (Lipinski definition) is 3. The lowest BCUT2D eigenvalue weighted by Gasteiger charge is -2.28. The van der Waals surface area contributed by atoms with Crippen molar-refractivity contribution in [1.29, 1.82) is 0 Å². The van der Waals surface area contributed by atoms with E-state index in [1.54, 1.807) is 6.08 Å². The van der Waals surface area contributed by atoms with Crippen LogP contribution in [-0.2, 0) is 10.0 Å². The first kappa shape index (κ1) is 19.2. The second-order valence-corrected chi connectivity index (χ2v) is 7.57. The third-order valence-corrected chi connectivity index (χ3v) is 5.48. The van der Waals surface area contributed by atoms with Crippen molar-refractivity contribution in [2.24, 2.45) is 5.92 Å². The molecule has 1 unspecified atom stereocenters. The average molecular weight is 346 g/mol. The van der Waals surface area contributed by atoms with Crippen LogP contribution in [0.15, 0.2) is 41.8 Å². The van der Waals surface area contributed by atoms with Gasteiger partial charge in [0.1, 0.15) is 0 Å². The highest BCUT2D eigenvalue weighted by atomic mass is 35.5. The largest absolute Gasteiger partial charge is 0.391 e. The van der Waals surface area contributed by atoms with E-state index < -0.39 is 22.2 Å². The monoisotopic (exact) mass is 345 g/mol. The second kappa shape index (κ2) is 8.67. The van der Waals surface area contributed by atoms with Gasteiger partial charge in [0, 0.05) is 5.02 Å². The van der Waals surface area contributed by atoms with Crippen molar-refractivity contribution in [3.63, 3.8) is 0 Å². The molecule has 2 N–H and O–H groups in total. The zero-order valence-corrected chi connectivity index (χ0v) is 14.6. The number of nitrogens with one attached hydrogen (secondary N) is 1. The smallest absolute Gasteiger partial charge is 0.240 e. The molecule has 0 aliphatic carbocycles. The van der Waals surface area contributed by atoms with Gasteiger partial charge in [-0.3, -0.25) is 0 Å². The van der Waals surface area contributed by atoms with E-state index in [1.807, 2.05) is 13.8 Å². The lowest BCUT2D eigenvalue weighted by atomic mass is 9.93. The van der Waals surface area contributed by atoms with Crippen LogP contribution in [0.5, 0.6) is 0 Å². The lowest BCUT2D eigenvalue weighted by molar-refractivity contribution is 0.104. The van der Waals surface area contributed by atoms with Crippen molar-refractivity contribution in [2.45, 2.75) is 50.2 Å². The number of allylic oxidation sites excluding steroid dienone is 1. The third kappa shape index (κ3) is 5.39. The maximum atomic E-state index is 12.5. The second-order valence-electron chi connectivity index (χ2n) is 5.42. The minimum absolute atomic E-state index is 0.0156. The van der Waals surface area contributed by atoms with E-state index in [1.165, 1.54) is 24.3 Å². The van der Waals surface area contributed by atoms with Crippen LogP contribution in [-0.4, -0.2) is 25.7 Å². The Morgan fingerprint density at radius 3 is 2.45 bits per heavy atom. The fourth-order valence-electron chi connectivity index (χ4n) is 2.16. The number of rotatable bonds is 9. The van der Waals surface area contributed by atoms with Crippen molar-refractivity contribution in [3.05, 3.63) is 41.9 Å². The molecule has 1 rings (SSSR count). The van der Waals surface area contributed by atoms with E-state index in [9.17, 15) is 13.5 Å². The molecular formula is C16H24ClNO3S. The van der Waals surface area contributed by atoms with Gasteiger partial charge in [-0.05, 0) is 43.0 Å². The van der Waals surface area contributed by atoms with Crippen LogP contribution in [0.4, 0.5) is 0 Å². The summed E-state index contributed by atoms with van der Waals surface area (Å²) < 4.78 is 27.6. The summed E-state index contributed by atoms with van der Waals surface area (Å²) in [5, 5.41) is 10.8. The summed E-state index contributed by atoms with van der Waals surface area (Å²) in [5.41, 5.74) is 0. The third-order valence-electron chi connectivity index (χ3n) is 3.75. The molecule has 0 spiro atoms. The maximum absolute atomic E-state index is 12.5. The van der Waals surface area contributed by atoms with Gasteiger partial charge in [-0.15, -0.1) is 6.58 Å². The van der Waals surface area contributed by atoms with Gasteiger partial charge in [0.15, 0.2) is 0 Å². The first-order chi connectivity index (χ1) is 10.3. The van der Waals surface area contributed by atoms with Gasteiger partial charge < -0.3 is 5.11 Å². The van der Waals surface area contributed by atoms with Gasteiger partial charge in [-0.2, -0.15) is 0 Å². The molecular weight excluding hydrogens is 322 g/mol. The fraction of sp³-hybridized carbons (Fsp3) is 0.500. The van der Waals surface area contributed by atoms with E-state index in [0.717, 1.165) is 6.42 Å². The van der Waals surface area contributed by atoms with Crippen molar-refractivity contribution >= 4 is 21.6 Å². The SMILES string of the molecule is C=CCCC(O)[C@@H](NS(=O)(=O)c1ccc(Cl)cc1)[C@@H](C)CC. The fourth-order valence-corrected chi connectivity index (χ4v) is 3.66. The van der Waals surface area contributed by atoms with Crippen molar-refractivity contribution in [3.8, 4) is 0 Å². The van der Waals surface area contributed by atoms with Gasteiger partial charge in [0.25, 0.3) is 0 Å². The first-order valence-corrected chi connectivity index (χ1v) is 9.24. The molecule has 124 valence electrons. The Labute approximate surface area is 138 Å². The molecule has 0 saturated carbocycles. The number of halogens is 1. The Morgan fingerprint density at radius 2 is 1.95 bits per heavy atom. The molecule has 0 aliphatic heterocycles. The molecule has 22 heavy (non-hydrogen) atoms. The van der Waals surface area contributed by atoms with Crippen LogP contribution < -0.4 is 4.72 Å². The summed E-state index contributed by atoms with van der Waals surface area (Å²) >= 11 is 5.78. The summed E-state index contributed by atoms with van der Waals surface area (Å²) in [4.78, 5) is 0.140. The molecule has 6 heteroatoms. The summed E-state index contributed by atoms with van der Waals surface area (Å²) in [6.45, 7) is 7.51. The first-order valence-electron chi connectivity index (χ1n) is 7.38. The average Bonchev–Trinajstić information content (AvgIpc) is 2.50. The molecule has 0 amide bonds. The molecule has 0 heterocycles. The van der Waals surface area contributed by atoms with Gasteiger partial charge in [0.2, 0.25) is 10.0 Å². The lowest BCUT2D eigenvalue weighted by Crippen LogP contribution is -2.47. The predicted octanol–water partition coefficient (Wildman–Crippen LogP) is 3.36. The molecule has 0 bridgehead atoms. The molecule has 1 aromatic carbocycles. The van der Waals surface area contributed by atoms with Gasteiger partial charge in [-0.25, -0.2) is 13.1 Å². The zero-order valence-electron chi connectivity index (χ0n) is 13.0. The minimum Gasteiger partial charge on any atom is -0.391 e. The topological polar surface area (TPSA) is 66.4 Å². The number of aliphatic hydroxyl groups excluding tert-OH is 1. The van der Waals surface area contributed by atoms with Gasteiger partial charge in [-0.1, -0.05) is 37.9 Å². The van der Waals surface area contributed by atoms with Crippen LogP contribution in [0.2, 0.25) is 5.02 Å². The Balaban J connectivity index is 2.96. The van der Waals surface area contributed by atoms with Crippen LogP contribution in [0.1, 0.15) is 33.1 Å². The number of aliphatic hydroxyl groups is 1.